The number of hydrogen-bond donors (Lipinski definition) is 3. The van der Waals surface area contributed by atoms with Crippen LogP contribution in [0.4, 0.5) is 0 Å². The van der Waals surface area contributed by atoms with Crippen LogP contribution in [-0.4, -0.2) is 28.3 Å². The molecule has 3 unspecified atom stereocenters. The van der Waals surface area contributed by atoms with Crippen molar-refractivity contribution in [3.63, 3.8) is 0 Å². The standard InChI is InChI=1S/C18H25N5O/c1-12-9-14(3)23(22-12)11-13(2)20-18(24)16-10-19-21-17(16)15-7-5-4-6-8-15/h4-9,13,16-17,19,21H,10-11H2,1-3H3,(H,20,24). The number of rotatable bonds is 5. The Balaban J connectivity index is 1.62. The van der Waals surface area contributed by atoms with Crippen molar-refractivity contribution in [2.75, 3.05) is 6.54 Å². The molecule has 2 aromatic rings. The van der Waals surface area contributed by atoms with Gasteiger partial charge in [0.15, 0.2) is 0 Å². The van der Waals surface area contributed by atoms with Gasteiger partial charge in [-0.3, -0.25) is 14.9 Å². The second-order valence-electron chi connectivity index (χ2n) is 6.54. The number of hydrazine groups is 1. The molecule has 3 rings (SSSR count). The maximum Gasteiger partial charge on any atom is 0.226 e. The lowest BCUT2D eigenvalue weighted by Crippen LogP contribution is -2.42. The monoisotopic (exact) mass is 327 g/mol. The van der Waals surface area contributed by atoms with E-state index in [4.69, 9.17) is 0 Å². The number of amides is 1. The van der Waals surface area contributed by atoms with Gasteiger partial charge >= 0.3 is 0 Å². The number of nitrogens with zero attached hydrogens (tertiary/aromatic N) is 2. The quantitative estimate of drug-likeness (QED) is 0.778. The van der Waals surface area contributed by atoms with E-state index in [1.165, 1.54) is 0 Å². The lowest BCUT2D eigenvalue weighted by atomic mass is 9.94. The third-order valence-electron chi connectivity index (χ3n) is 4.42. The van der Waals surface area contributed by atoms with E-state index >= 15 is 0 Å². The molecule has 3 N–H and O–H groups in total. The van der Waals surface area contributed by atoms with E-state index in [9.17, 15) is 4.79 Å². The fourth-order valence-corrected chi connectivity index (χ4v) is 3.23. The lowest BCUT2D eigenvalue weighted by Gasteiger charge is -2.21. The van der Waals surface area contributed by atoms with Crippen molar-refractivity contribution in [1.29, 1.82) is 0 Å². The van der Waals surface area contributed by atoms with Crippen LogP contribution < -0.4 is 16.2 Å². The van der Waals surface area contributed by atoms with E-state index in [0.29, 0.717) is 13.1 Å². The minimum absolute atomic E-state index is 0.00733. The molecule has 1 aliphatic heterocycles. The van der Waals surface area contributed by atoms with Gasteiger partial charge in [-0.15, -0.1) is 0 Å². The number of nitrogens with one attached hydrogen (secondary N) is 3. The summed E-state index contributed by atoms with van der Waals surface area (Å²) in [5.41, 5.74) is 9.55. The van der Waals surface area contributed by atoms with E-state index in [-0.39, 0.29) is 23.9 Å². The van der Waals surface area contributed by atoms with Crippen LogP contribution in [0.5, 0.6) is 0 Å². The molecular weight excluding hydrogens is 302 g/mol. The molecule has 6 nitrogen and oxygen atoms in total. The third-order valence-corrected chi connectivity index (χ3v) is 4.42. The summed E-state index contributed by atoms with van der Waals surface area (Å²) >= 11 is 0. The van der Waals surface area contributed by atoms with Crippen molar-refractivity contribution in [3.8, 4) is 0 Å². The summed E-state index contributed by atoms with van der Waals surface area (Å²) in [6.07, 6.45) is 0. The Morgan fingerprint density at radius 2 is 2.12 bits per heavy atom. The Bertz CT molecular complexity index is 697. The van der Waals surface area contributed by atoms with Crippen LogP contribution in [0.15, 0.2) is 36.4 Å². The fourth-order valence-electron chi connectivity index (χ4n) is 3.23. The Kier molecular flexibility index (Phi) is 4.97. The van der Waals surface area contributed by atoms with Crippen molar-refractivity contribution >= 4 is 5.91 Å². The number of aryl methyl sites for hydroxylation is 2. The number of benzene rings is 1. The topological polar surface area (TPSA) is 71.0 Å². The molecule has 128 valence electrons. The zero-order valence-corrected chi connectivity index (χ0v) is 14.4. The largest absolute Gasteiger partial charge is 0.351 e. The first-order valence-corrected chi connectivity index (χ1v) is 8.39. The van der Waals surface area contributed by atoms with Crippen molar-refractivity contribution < 1.29 is 4.79 Å². The fraction of sp³-hybridized carbons (Fsp3) is 0.444. The molecule has 24 heavy (non-hydrogen) atoms. The van der Waals surface area contributed by atoms with E-state index in [2.05, 4.69) is 21.3 Å². The van der Waals surface area contributed by atoms with E-state index < -0.39 is 0 Å². The predicted molar refractivity (Wildman–Crippen MR) is 93.1 cm³/mol. The number of hydrogen-bond acceptors (Lipinski definition) is 4. The molecule has 1 amide bonds. The van der Waals surface area contributed by atoms with Crippen LogP contribution in [0.2, 0.25) is 0 Å². The highest BCUT2D eigenvalue weighted by atomic mass is 16.2. The van der Waals surface area contributed by atoms with Gasteiger partial charge in [0.05, 0.1) is 24.2 Å². The van der Waals surface area contributed by atoms with Crippen molar-refractivity contribution in [2.24, 2.45) is 5.92 Å². The first-order chi connectivity index (χ1) is 11.5. The first kappa shape index (κ1) is 16.7. The summed E-state index contributed by atoms with van der Waals surface area (Å²) in [6.45, 7) is 7.33. The SMILES string of the molecule is Cc1cc(C)n(CC(C)NC(=O)C2CNNC2c2ccccc2)n1. The van der Waals surface area contributed by atoms with E-state index in [1.54, 1.807) is 0 Å². The van der Waals surface area contributed by atoms with Crippen LogP contribution in [-0.2, 0) is 11.3 Å². The summed E-state index contributed by atoms with van der Waals surface area (Å²) in [4.78, 5) is 12.7. The molecule has 1 aliphatic rings. The molecule has 3 atom stereocenters. The van der Waals surface area contributed by atoms with Crippen LogP contribution >= 0.6 is 0 Å². The summed E-state index contributed by atoms with van der Waals surface area (Å²) in [7, 11) is 0. The smallest absolute Gasteiger partial charge is 0.226 e. The molecule has 6 heteroatoms. The average Bonchev–Trinajstić information content (AvgIpc) is 3.15. The highest BCUT2D eigenvalue weighted by Crippen LogP contribution is 2.24. The van der Waals surface area contributed by atoms with Gasteiger partial charge in [-0.2, -0.15) is 5.10 Å². The van der Waals surface area contributed by atoms with Gasteiger partial charge in [0.1, 0.15) is 0 Å². The minimum Gasteiger partial charge on any atom is -0.351 e. The summed E-state index contributed by atoms with van der Waals surface area (Å²) < 4.78 is 1.94. The Hall–Kier alpha value is -2.18. The molecule has 0 radical (unpaired) electrons. The average molecular weight is 327 g/mol. The van der Waals surface area contributed by atoms with E-state index in [1.807, 2.05) is 61.9 Å². The molecule has 0 aliphatic carbocycles. The van der Waals surface area contributed by atoms with Gasteiger partial charge < -0.3 is 5.32 Å². The van der Waals surface area contributed by atoms with Gasteiger partial charge in [-0.05, 0) is 32.4 Å². The van der Waals surface area contributed by atoms with Gasteiger partial charge in [0.25, 0.3) is 0 Å². The molecule has 0 saturated carbocycles. The molecule has 0 spiro atoms. The van der Waals surface area contributed by atoms with Crippen molar-refractivity contribution in [2.45, 2.75) is 39.4 Å². The molecule has 0 bridgehead atoms. The zero-order chi connectivity index (χ0) is 17.1. The molecule has 1 aromatic carbocycles. The Morgan fingerprint density at radius 1 is 1.38 bits per heavy atom. The molecule has 2 heterocycles. The highest BCUT2D eigenvalue weighted by Gasteiger charge is 2.34. The molecular formula is C18H25N5O. The van der Waals surface area contributed by atoms with Crippen molar-refractivity contribution in [1.82, 2.24) is 25.9 Å². The van der Waals surface area contributed by atoms with Gasteiger partial charge in [-0.25, -0.2) is 5.43 Å². The maximum atomic E-state index is 12.7. The first-order valence-electron chi connectivity index (χ1n) is 8.39. The number of carbonyl (C=O) groups is 1. The minimum atomic E-state index is -0.129. The van der Waals surface area contributed by atoms with E-state index in [0.717, 1.165) is 17.0 Å². The van der Waals surface area contributed by atoms with Crippen LogP contribution in [0.1, 0.15) is 29.9 Å². The highest BCUT2D eigenvalue weighted by molar-refractivity contribution is 5.80. The van der Waals surface area contributed by atoms with Crippen LogP contribution in [0.3, 0.4) is 0 Å². The molecule has 1 fully saturated rings. The number of aromatic nitrogens is 2. The van der Waals surface area contributed by atoms with Gasteiger partial charge in [0.2, 0.25) is 5.91 Å². The van der Waals surface area contributed by atoms with Gasteiger partial charge in [-0.1, -0.05) is 30.3 Å². The van der Waals surface area contributed by atoms with Crippen LogP contribution in [0.25, 0.3) is 0 Å². The number of carbonyl (C=O) groups excluding carboxylic acids is 1. The Morgan fingerprint density at radius 3 is 2.79 bits per heavy atom. The molecule has 1 saturated heterocycles. The summed E-state index contributed by atoms with van der Waals surface area (Å²) in [5.74, 6) is -0.0642. The van der Waals surface area contributed by atoms with Crippen LogP contribution in [0, 0.1) is 19.8 Å². The molecule has 1 aromatic heterocycles. The second-order valence-corrected chi connectivity index (χ2v) is 6.54. The third kappa shape index (κ3) is 3.66. The zero-order valence-electron chi connectivity index (χ0n) is 14.4. The lowest BCUT2D eigenvalue weighted by molar-refractivity contribution is -0.125. The predicted octanol–water partition coefficient (Wildman–Crippen LogP) is 1.47. The summed E-state index contributed by atoms with van der Waals surface area (Å²) in [5, 5.41) is 7.58. The Labute approximate surface area is 142 Å². The maximum absolute atomic E-state index is 12.7. The summed E-state index contributed by atoms with van der Waals surface area (Å²) in [6, 6.07) is 12.1. The van der Waals surface area contributed by atoms with Gasteiger partial charge in [0, 0.05) is 18.3 Å². The second kappa shape index (κ2) is 7.15. The van der Waals surface area contributed by atoms with Crippen molar-refractivity contribution in [3.05, 3.63) is 53.3 Å². The normalized spacial score (nSPS) is 21.6.